The van der Waals surface area contributed by atoms with E-state index in [9.17, 15) is 0 Å². The summed E-state index contributed by atoms with van der Waals surface area (Å²) >= 11 is 0. The van der Waals surface area contributed by atoms with Crippen LogP contribution in [0.3, 0.4) is 0 Å². The van der Waals surface area contributed by atoms with Gasteiger partial charge in [0.05, 0.1) is 0 Å². The molecule has 1 aliphatic rings. The lowest BCUT2D eigenvalue weighted by Gasteiger charge is -2.32. The van der Waals surface area contributed by atoms with Gasteiger partial charge in [-0.15, -0.1) is 0 Å². The van der Waals surface area contributed by atoms with Gasteiger partial charge in [-0.3, -0.25) is 4.79 Å². The Bertz CT molecular complexity index is 227. The Labute approximate surface area is 125 Å². The van der Waals surface area contributed by atoms with Gasteiger partial charge in [-0.25, -0.2) is 0 Å². The fraction of sp³-hybridized carbons (Fsp3) is 0.941. The van der Waals surface area contributed by atoms with Crippen LogP contribution in [0.4, 0.5) is 0 Å². The smallest absolute Gasteiger partial charge is 0.300 e. The normalized spacial score (nSPS) is 19.2. The lowest BCUT2D eigenvalue weighted by molar-refractivity contribution is -0.134. The van der Waals surface area contributed by atoms with Crippen molar-refractivity contribution in [3.05, 3.63) is 0 Å². The Kier molecular flexibility index (Phi) is 13.0. The van der Waals surface area contributed by atoms with Crippen LogP contribution in [-0.2, 0) is 4.79 Å². The maximum absolute atomic E-state index is 9.00. The SMILES string of the molecule is CC(=O)O.CCCCCCN1CCCC(CCCC)C1. The third-order valence-electron chi connectivity index (χ3n) is 3.90. The van der Waals surface area contributed by atoms with Crippen LogP contribution in [0.5, 0.6) is 0 Å². The summed E-state index contributed by atoms with van der Waals surface area (Å²) in [5.74, 6) is 0.180. The first-order valence-corrected chi connectivity index (χ1v) is 8.52. The fourth-order valence-corrected chi connectivity index (χ4v) is 2.84. The molecule has 20 heavy (non-hydrogen) atoms. The third kappa shape index (κ3) is 12.5. The zero-order chi connectivity index (χ0) is 15.2. The van der Waals surface area contributed by atoms with E-state index in [-0.39, 0.29) is 0 Å². The average Bonchev–Trinajstić information content (AvgIpc) is 2.41. The third-order valence-corrected chi connectivity index (χ3v) is 3.90. The number of piperidine rings is 1. The number of carbonyl (C=O) groups is 1. The molecule has 1 saturated heterocycles. The average molecular weight is 285 g/mol. The van der Waals surface area contributed by atoms with Gasteiger partial charge >= 0.3 is 0 Å². The molecule has 0 aromatic rings. The van der Waals surface area contributed by atoms with Crippen molar-refractivity contribution in [1.29, 1.82) is 0 Å². The first-order chi connectivity index (χ1) is 9.60. The van der Waals surface area contributed by atoms with Gasteiger partial charge < -0.3 is 10.0 Å². The number of hydrogen-bond acceptors (Lipinski definition) is 2. The van der Waals surface area contributed by atoms with E-state index >= 15 is 0 Å². The number of hydrogen-bond donors (Lipinski definition) is 1. The van der Waals surface area contributed by atoms with E-state index in [1.807, 2.05) is 0 Å². The molecule has 1 fully saturated rings. The zero-order valence-corrected chi connectivity index (χ0v) is 13.9. The highest BCUT2D eigenvalue weighted by atomic mass is 16.4. The molecule has 1 unspecified atom stereocenters. The van der Waals surface area contributed by atoms with Crippen molar-refractivity contribution in [3.8, 4) is 0 Å². The summed E-state index contributed by atoms with van der Waals surface area (Å²) in [5.41, 5.74) is 0. The van der Waals surface area contributed by atoms with Crippen molar-refractivity contribution >= 4 is 5.97 Å². The minimum atomic E-state index is -0.833. The Hall–Kier alpha value is -0.570. The van der Waals surface area contributed by atoms with Gasteiger partial charge in [-0.2, -0.15) is 0 Å². The van der Waals surface area contributed by atoms with Gasteiger partial charge in [0.1, 0.15) is 0 Å². The van der Waals surface area contributed by atoms with Crippen molar-refractivity contribution in [3.63, 3.8) is 0 Å². The largest absolute Gasteiger partial charge is 0.481 e. The van der Waals surface area contributed by atoms with Crippen LogP contribution in [0.15, 0.2) is 0 Å². The summed E-state index contributed by atoms with van der Waals surface area (Å²) < 4.78 is 0. The summed E-state index contributed by atoms with van der Waals surface area (Å²) in [6.45, 7) is 9.82. The number of rotatable bonds is 8. The molecular formula is C17H35NO2. The Morgan fingerprint density at radius 2 is 1.80 bits per heavy atom. The number of carboxylic acids is 1. The van der Waals surface area contributed by atoms with E-state index in [1.54, 1.807) is 0 Å². The van der Waals surface area contributed by atoms with Crippen molar-refractivity contribution in [2.45, 2.75) is 78.6 Å². The predicted octanol–water partition coefficient (Wildman–Crippen LogP) is 4.56. The van der Waals surface area contributed by atoms with Crippen molar-refractivity contribution in [2.24, 2.45) is 5.92 Å². The maximum Gasteiger partial charge on any atom is 0.300 e. The molecule has 1 heterocycles. The summed E-state index contributed by atoms with van der Waals surface area (Å²) in [7, 11) is 0. The molecule has 0 aromatic carbocycles. The molecule has 1 rings (SSSR count). The van der Waals surface area contributed by atoms with Crippen LogP contribution < -0.4 is 0 Å². The summed E-state index contributed by atoms with van der Waals surface area (Å²) in [4.78, 5) is 11.7. The lowest BCUT2D eigenvalue weighted by Crippen LogP contribution is -2.36. The number of likely N-dealkylation sites (tertiary alicyclic amines) is 1. The van der Waals surface area contributed by atoms with E-state index in [1.165, 1.54) is 77.4 Å². The highest BCUT2D eigenvalue weighted by molar-refractivity contribution is 5.62. The molecule has 0 bridgehead atoms. The van der Waals surface area contributed by atoms with Gasteiger partial charge in [0, 0.05) is 13.5 Å². The van der Waals surface area contributed by atoms with Gasteiger partial charge in [0.2, 0.25) is 0 Å². The molecule has 3 heteroatoms. The monoisotopic (exact) mass is 285 g/mol. The fourth-order valence-electron chi connectivity index (χ4n) is 2.84. The van der Waals surface area contributed by atoms with E-state index in [0.29, 0.717) is 0 Å². The standard InChI is InChI=1S/C15H31N.C2H4O2/c1-3-5-7-8-12-16-13-9-11-15(14-16)10-6-4-2;1-2(3)4/h15H,3-14H2,1-2H3;1H3,(H,3,4). The van der Waals surface area contributed by atoms with E-state index < -0.39 is 5.97 Å². The Balaban J connectivity index is 0.000000796. The molecule has 0 spiro atoms. The maximum atomic E-state index is 9.00. The Morgan fingerprint density at radius 3 is 2.40 bits per heavy atom. The first-order valence-electron chi connectivity index (χ1n) is 8.52. The van der Waals surface area contributed by atoms with Crippen molar-refractivity contribution < 1.29 is 9.90 Å². The first kappa shape index (κ1) is 19.4. The van der Waals surface area contributed by atoms with E-state index in [2.05, 4.69) is 18.7 Å². The Morgan fingerprint density at radius 1 is 1.15 bits per heavy atom. The highest BCUT2D eigenvalue weighted by Gasteiger charge is 2.18. The molecular weight excluding hydrogens is 250 g/mol. The molecule has 0 aromatic heterocycles. The minimum absolute atomic E-state index is 0.833. The number of unbranched alkanes of at least 4 members (excludes halogenated alkanes) is 4. The summed E-state index contributed by atoms with van der Waals surface area (Å²) in [6, 6.07) is 0. The van der Waals surface area contributed by atoms with E-state index in [4.69, 9.17) is 9.90 Å². The lowest BCUT2D eigenvalue weighted by atomic mass is 9.93. The molecule has 0 saturated carbocycles. The van der Waals surface area contributed by atoms with Gasteiger partial charge in [-0.05, 0) is 44.7 Å². The van der Waals surface area contributed by atoms with Crippen LogP contribution in [0.1, 0.15) is 78.6 Å². The van der Waals surface area contributed by atoms with Crippen LogP contribution in [0.2, 0.25) is 0 Å². The highest BCUT2D eigenvalue weighted by Crippen LogP contribution is 2.21. The van der Waals surface area contributed by atoms with Crippen molar-refractivity contribution in [1.82, 2.24) is 4.90 Å². The number of nitrogens with zero attached hydrogens (tertiary/aromatic N) is 1. The second kappa shape index (κ2) is 13.4. The summed E-state index contributed by atoms with van der Waals surface area (Å²) in [6.07, 6.45) is 12.9. The molecule has 0 amide bonds. The molecule has 120 valence electrons. The predicted molar refractivity (Wildman–Crippen MR) is 86.1 cm³/mol. The van der Waals surface area contributed by atoms with Gasteiger partial charge in [0.25, 0.3) is 5.97 Å². The number of carboxylic acid groups (broad SMARTS) is 1. The van der Waals surface area contributed by atoms with Crippen LogP contribution in [0, 0.1) is 5.92 Å². The van der Waals surface area contributed by atoms with Gasteiger partial charge in [0.15, 0.2) is 0 Å². The molecule has 1 atom stereocenters. The molecule has 1 aliphatic heterocycles. The molecule has 0 radical (unpaired) electrons. The summed E-state index contributed by atoms with van der Waals surface area (Å²) in [5, 5.41) is 7.42. The van der Waals surface area contributed by atoms with Crippen LogP contribution in [0.25, 0.3) is 0 Å². The topological polar surface area (TPSA) is 40.5 Å². The van der Waals surface area contributed by atoms with Crippen LogP contribution >= 0.6 is 0 Å². The molecule has 1 N–H and O–H groups in total. The molecule has 3 nitrogen and oxygen atoms in total. The van der Waals surface area contributed by atoms with E-state index in [0.717, 1.165) is 12.8 Å². The number of aliphatic carboxylic acids is 1. The van der Waals surface area contributed by atoms with Crippen molar-refractivity contribution in [2.75, 3.05) is 19.6 Å². The second-order valence-electron chi connectivity index (χ2n) is 6.03. The van der Waals surface area contributed by atoms with Gasteiger partial charge in [-0.1, -0.05) is 46.0 Å². The minimum Gasteiger partial charge on any atom is -0.481 e. The quantitative estimate of drug-likeness (QED) is 0.665. The molecule has 0 aliphatic carbocycles. The zero-order valence-electron chi connectivity index (χ0n) is 13.9. The second-order valence-corrected chi connectivity index (χ2v) is 6.03. The van der Waals surface area contributed by atoms with Crippen LogP contribution in [-0.4, -0.2) is 35.6 Å².